The molecule has 0 aliphatic heterocycles. The van der Waals surface area contributed by atoms with Crippen LogP contribution in [0.3, 0.4) is 0 Å². The second kappa shape index (κ2) is 6.87. The van der Waals surface area contributed by atoms with Gasteiger partial charge in [0.1, 0.15) is 11.6 Å². The van der Waals surface area contributed by atoms with Crippen LogP contribution in [0.1, 0.15) is 30.8 Å². The Balaban J connectivity index is 2.21. The van der Waals surface area contributed by atoms with Gasteiger partial charge in [0.15, 0.2) is 0 Å². The van der Waals surface area contributed by atoms with Crippen molar-refractivity contribution in [2.75, 3.05) is 7.05 Å². The van der Waals surface area contributed by atoms with Crippen LogP contribution in [0.5, 0.6) is 10.9 Å². The van der Waals surface area contributed by atoms with Gasteiger partial charge in [-0.05, 0) is 57.9 Å². The average molecular weight is 318 g/mol. The predicted molar refractivity (Wildman–Crippen MR) is 91.7 cm³/mol. The molecule has 0 spiro atoms. The van der Waals surface area contributed by atoms with Crippen LogP contribution in [0.15, 0.2) is 17.1 Å². The molecule has 118 valence electrons. The molecule has 0 N–H and O–H groups in total. The molecule has 0 saturated carbocycles. The minimum Gasteiger partial charge on any atom is -0.430 e. The van der Waals surface area contributed by atoms with Gasteiger partial charge in [-0.2, -0.15) is 9.36 Å². The Morgan fingerprint density at radius 1 is 1.23 bits per heavy atom. The van der Waals surface area contributed by atoms with E-state index in [0.717, 1.165) is 28.4 Å². The van der Waals surface area contributed by atoms with E-state index in [1.165, 1.54) is 11.5 Å². The fourth-order valence-electron chi connectivity index (χ4n) is 1.72. The summed E-state index contributed by atoms with van der Waals surface area (Å²) in [6, 6.07) is 4.45. The highest BCUT2D eigenvalue weighted by atomic mass is 32.1. The van der Waals surface area contributed by atoms with Gasteiger partial charge in [-0.1, -0.05) is 0 Å². The van der Waals surface area contributed by atoms with E-state index in [1.54, 1.807) is 0 Å². The minimum atomic E-state index is 0.424. The summed E-state index contributed by atoms with van der Waals surface area (Å²) >= 11 is 1.26. The number of ether oxygens (including phenoxy) is 1. The number of benzene rings is 1. The number of rotatable bonds is 5. The zero-order valence-corrected chi connectivity index (χ0v) is 14.7. The van der Waals surface area contributed by atoms with Gasteiger partial charge in [0, 0.05) is 24.6 Å². The van der Waals surface area contributed by atoms with E-state index in [-0.39, 0.29) is 0 Å². The lowest BCUT2D eigenvalue weighted by Crippen LogP contribution is -2.24. The molecule has 0 atom stereocenters. The Kier molecular flexibility index (Phi) is 5.13. The maximum atomic E-state index is 5.81. The molecule has 1 heterocycles. The molecule has 0 unspecified atom stereocenters. The van der Waals surface area contributed by atoms with Crippen LogP contribution in [0.25, 0.3) is 0 Å². The van der Waals surface area contributed by atoms with Crippen LogP contribution in [-0.4, -0.2) is 33.7 Å². The van der Waals surface area contributed by atoms with E-state index in [2.05, 4.69) is 33.1 Å². The summed E-state index contributed by atoms with van der Waals surface area (Å²) in [5, 5.41) is 0.566. The topological polar surface area (TPSA) is 50.6 Å². The molecule has 0 fully saturated rings. The first-order valence-electron chi connectivity index (χ1n) is 7.22. The molecule has 0 bridgehead atoms. The molecule has 1 aromatic heterocycles. The minimum absolute atomic E-state index is 0.424. The Morgan fingerprint density at radius 3 is 2.55 bits per heavy atom. The molecule has 0 aliphatic rings. The lowest BCUT2D eigenvalue weighted by Gasteiger charge is -2.17. The van der Waals surface area contributed by atoms with E-state index in [4.69, 9.17) is 4.74 Å². The third-order valence-electron chi connectivity index (χ3n) is 3.39. The molecule has 22 heavy (non-hydrogen) atoms. The monoisotopic (exact) mass is 318 g/mol. The first-order valence-corrected chi connectivity index (χ1v) is 7.99. The molecule has 1 aromatic carbocycles. The zero-order valence-electron chi connectivity index (χ0n) is 13.9. The van der Waals surface area contributed by atoms with Crippen molar-refractivity contribution in [1.29, 1.82) is 0 Å². The lowest BCUT2D eigenvalue weighted by atomic mass is 10.1. The summed E-state index contributed by atoms with van der Waals surface area (Å²) in [7, 11) is 2.02. The summed E-state index contributed by atoms with van der Waals surface area (Å²) in [6.45, 7) is 10.1. The summed E-state index contributed by atoms with van der Waals surface area (Å²) in [4.78, 5) is 10.9. The van der Waals surface area contributed by atoms with Gasteiger partial charge in [0.25, 0.3) is 5.19 Å². The summed E-state index contributed by atoms with van der Waals surface area (Å²) in [5.41, 5.74) is 3.04. The van der Waals surface area contributed by atoms with E-state index < -0.39 is 0 Å². The van der Waals surface area contributed by atoms with Crippen LogP contribution in [-0.2, 0) is 0 Å². The van der Waals surface area contributed by atoms with E-state index in [1.807, 2.05) is 46.3 Å². The third-order valence-corrected chi connectivity index (χ3v) is 4.08. The van der Waals surface area contributed by atoms with Crippen molar-refractivity contribution in [3.8, 4) is 10.9 Å². The maximum absolute atomic E-state index is 5.81. The van der Waals surface area contributed by atoms with Crippen molar-refractivity contribution in [2.24, 2.45) is 4.99 Å². The Bertz CT molecular complexity index is 679. The van der Waals surface area contributed by atoms with Crippen LogP contribution in [0.4, 0.5) is 5.69 Å². The number of aryl methyl sites for hydroxylation is 3. The van der Waals surface area contributed by atoms with Crippen molar-refractivity contribution in [3.63, 3.8) is 0 Å². The Labute approximate surface area is 135 Å². The highest BCUT2D eigenvalue weighted by Crippen LogP contribution is 2.31. The van der Waals surface area contributed by atoms with Crippen molar-refractivity contribution in [3.05, 3.63) is 29.1 Å². The summed E-state index contributed by atoms with van der Waals surface area (Å²) in [6.07, 6.45) is 1.86. The average Bonchev–Trinajstić information content (AvgIpc) is 2.85. The number of aliphatic imine (C=N–C) groups is 1. The third kappa shape index (κ3) is 4.04. The Morgan fingerprint density at radius 2 is 1.95 bits per heavy atom. The fourth-order valence-corrected chi connectivity index (χ4v) is 2.27. The molecule has 2 rings (SSSR count). The molecule has 0 amide bonds. The van der Waals surface area contributed by atoms with E-state index in [9.17, 15) is 0 Å². The molecule has 0 saturated heterocycles. The van der Waals surface area contributed by atoms with Crippen molar-refractivity contribution < 1.29 is 4.74 Å². The second-order valence-electron chi connectivity index (χ2n) is 5.62. The molecular formula is C16H22N4OS. The lowest BCUT2D eigenvalue weighted by molar-refractivity contribution is 0.429. The van der Waals surface area contributed by atoms with Gasteiger partial charge in [-0.3, -0.25) is 0 Å². The zero-order chi connectivity index (χ0) is 16.3. The van der Waals surface area contributed by atoms with Crippen molar-refractivity contribution in [1.82, 2.24) is 14.3 Å². The molecule has 0 aliphatic carbocycles. The molecule has 0 radical (unpaired) electrons. The second-order valence-corrected chi connectivity index (χ2v) is 6.33. The SMILES string of the molecule is Cc1nsc(Oc2cc(C)c(N=CN(C)C(C)C)cc2C)n1. The standard InChI is InChI=1S/C16H22N4OS/c1-10(2)20(6)9-17-14-7-12(4)15(8-11(14)3)21-16-18-13(5)19-22-16/h7-10H,1-6H3. The summed E-state index contributed by atoms with van der Waals surface area (Å²) < 4.78 is 9.94. The maximum Gasteiger partial charge on any atom is 0.298 e. The first kappa shape index (κ1) is 16.4. The molecule has 6 heteroatoms. The highest BCUT2D eigenvalue weighted by molar-refractivity contribution is 7.07. The van der Waals surface area contributed by atoms with Gasteiger partial charge in [0.2, 0.25) is 0 Å². The first-order chi connectivity index (χ1) is 10.4. The van der Waals surface area contributed by atoms with Gasteiger partial charge in [-0.15, -0.1) is 0 Å². The van der Waals surface area contributed by atoms with E-state index in [0.29, 0.717) is 11.2 Å². The number of hydrogen-bond acceptors (Lipinski definition) is 5. The normalized spacial score (nSPS) is 11.4. The number of nitrogens with zero attached hydrogens (tertiary/aromatic N) is 4. The van der Waals surface area contributed by atoms with Crippen LogP contribution >= 0.6 is 11.5 Å². The van der Waals surface area contributed by atoms with Crippen LogP contribution in [0.2, 0.25) is 0 Å². The number of hydrogen-bond donors (Lipinski definition) is 0. The highest BCUT2D eigenvalue weighted by Gasteiger charge is 2.09. The van der Waals surface area contributed by atoms with Gasteiger partial charge in [0.05, 0.1) is 12.0 Å². The summed E-state index contributed by atoms with van der Waals surface area (Å²) in [5.74, 6) is 1.53. The van der Waals surface area contributed by atoms with Crippen molar-refractivity contribution in [2.45, 2.75) is 40.7 Å². The predicted octanol–water partition coefficient (Wildman–Crippen LogP) is 4.26. The molecule has 2 aromatic rings. The van der Waals surface area contributed by atoms with Crippen LogP contribution in [0, 0.1) is 20.8 Å². The van der Waals surface area contributed by atoms with Gasteiger partial charge in [-0.25, -0.2) is 4.99 Å². The van der Waals surface area contributed by atoms with Crippen molar-refractivity contribution >= 4 is 23.6 Å². The van der Waals surface area contributed by atoms with Crippen LogP contribution < -0.4 is 4.74 Å². The largest absolute Gasteiger partial charge is 0.430 e. The quantitative estimate of drug-likeness (QED) is 0.610. The fraction of sp³-hybridized carbons (Fsp3) is 0.438. The molecular weight excluding hydrogens is 296 g/mol. The Hall–Kier alpha value is -1.95. The van der Waals surface area contributed by atoms with Gasteiger partial charge >= 0.3 is 0 Å². The van der Waals surface area contributed by atoms with E-state index >= 15 is 0 Å². The number of aromatic nitrogens is 2. The molecule has 5 nitrogen and oxygen atoms in total. The smallest absolute Gasteiger partial charge is 0.298 e. The van der Waals surface area contributed by atoms with Gasteiger partial charge < -0.3 is 9.64 Å².